The Morgan fingerprint density at radius 3 is 2.44 bits per heavy atom. The Hall–Kier alpha value is -3.14. The summed E-state index contributed by atoms with van der Waals surface area (Å²) < 4.78 is 40.0. The third kappa shape index (κ3) is 6.05. The number of halogens is 4. The van der Waals surface area contributed by atoms with Crippen molar-refractivity contribution in [3.63, 3.8) is 0 Å². The fourth-order valence-corrected chi connectivity index (χ4v) is 3.90. The summed E-state index contributed by atoms with van der Waals surface area (Å²) >= 11 is 6.33. The van der Waals surface area contributed by atoms with Crippen molar-refractivity contribution >= 4 is 47.4 Å². The molecule has 7 nitrogen and oxygen atoms in total. The average Bonchev–Trinajstić information content (AvgIpc) is 2.77. The van der Waals surface area contributed by atoms with Crippen molar-refractivity contribution in [3.05, 3.63) is 46.6 Å². The molecule has 11 heteroatoms. The predicted molar refractivity (Wildman–Crippen MR) is 125 cm³/mol. The standard InChI is InChI=1S/C23H26ClF3N4O3/c1-5-7-19(31(14-33)20-13-16(23(25,26)27)12-15(2)28-20)22(34)30(4)18-9-6-8-17(24)21(18)29(3)10-11-32/h6,8-9,11-14,19H,5,7,10H2,1-4H3. The first-order chi connectivity index (χ1) is 16.0. The van der Waals surface area contributed by atoms with Gasteiger partial charge in [0, 0.05) is 19.8 Å². The van der Waals surface area contributed by atoms with E-state index < -0.39 is 23.7 Å². The molecule has 1 unspecified atom stereocenters. The molecule has 2 amide bonds. The van der Waals surface area contributed by atoms with E-state index in [1.807, 2.05) is 0 Å². The number of benzene rings is 1. The van der Waals surface area contributed by atoms with Gasteiger partial charge in [-0.05, 0) is 37.6 Å². The lowest BCUT2D eigenvalue weighted by Crippen LogP contribution is -2.48. The number of anilines is 3. The Bertz CT molecular complexity index is 1050. The Balaban J connectivity index is 2.54. The van der Waals surface area contributed by atoms with E-state index in [0.717, 1.165) is 17.0 Å². The Labute approximate surface area is 201 Å². The SMILES string of the molecule is CCCC(C(=O)N(C)c1cccc(Cl)c1N(C)CC=O)N(C=O)c1cc(C(F)(F)F)cc(C)n1. The maximum absolute atomic E-state index is 13.6. The van der Waals surface area contributed by atoms with Crippen LogP contribution in [-0.4, -0.2) is 50.3 Å². The highest BCUT2D eigenvalue weighted by molar-refractivity contribution is 6.34. The van der Waals surface area contributed by atoms with Gasteiger partial charge in [-0.2, -0.15) is 13.2 Å². The molecule has 1 aromatic heterocycles. The molecule has 1 atom stereocenters. The third-order valence-corrected chi connectivity index (χ3v) is 5.52. The van der Waals surface area contributed by atoms with E-state index >= 15 is 0 Å². The van der Waals surface area contributed by atoms with Crippen LogP contribution in [-0.2, 0) is 20.6 Å². The summed E-state index contributed by atoms with van der Waals surface area (Å²) in [5.41, 5.74) is -0.110. The van der Waals surface area contributed by atoms with Gasteiger partial charge in [-0.1, -0.05) is 31.0 Å². The predicted octanol–water partition coefficient (Wildman–Crippen LogP) is 4.49. The summed E-state index contributed by atoms with van der Waals surface area (Å²) in [4.78, 5) is 44.5. The summed E-state index contributed by atoms with van der Waals surface area (Å²) in [6, 6.07) is 5.36. The van der Waals surface area contributed by atoms with Crippen LogP contribution in [0, 0.1) is 6.92 Å². The van der Waals surface area contributed by atoms with E-state index in [1.165, 1.54) is 18.9 Å². The molecule has 0 saturated carbocycles. The largest absolute Gasteiger partial charge is 0.416 e. The first-order valence-electron chi connectivity index (χ1n) is 10.5. The minimum Gasteiger partial charge on any atom is -0.365 e. The van der Waals surface area contributed by atoms with Crippen molar-refractivity contribution < 1.29 is 27.6 Å². The van der Waals surface area contributed by atoms with Crippen molar-refractivity contribution in [1.82, 2.24) is 4.98 Å². The molecule has 2 aromatic rings. The van der Waals surface area contributed by atoms with E-state index in [2.05, 4.69) is 4.98 Å². The first-order valence-corrected chi connectivity index (χ1v) is 10.8. The van der Waals surface area contributed by atoms with Crippen molar-refractivity contribution in [1.29, 1.82) is 0 Å². The number of rotatable bonds is 10. The number of aryl methyl sites for hydroxylation is 1. The number of carbonyl (C=O) groups is 3. The summed E-state index contributed by atoms with van der Waals surface area (Å²) in [7, 11) is 3.11. The highest BCUT2D eigenvalue weighted by Crippen LogP contribution is 2.36. The number of likely N-dealkylation sites (N-methyl/N-ethyl adjacent to an activating group) is 2. The number of pyridine rings is 1. The maximum atomic E-state index is 13.6. The topological polar surface area (TPSA) is 73.8 Å². The van der Waals surface area contributed by atoms with E-state index in [1.54, 1.807) is 37.1 Å². The molecule has 2 rings (SSSR count). The van der Waals surface area contributed by atoms with Gasteiger partial charge < -0.3 is 14.6 Å². The Morgan fingerprint density at radius 1 is 1.21 bits per heavy atom. The highest BCUT2D eigenvalue weighted by Gasteiger charge is 2.35. The van der Waals surface area contributed by atoms with E-state index in [4.69, 9.17) is 11.6 Å². The van der Waals surface area contributed by atoms with Crippen LogP contribution < -0.4 is 14.7 Å². The van der Waals surface area contributed by atoms with Gasteiger partial charge in [0.2, 0.25) is 12.3 Å². The van der Waals surface area contributed by atoms with Gasteiger partial charge in [-0.3, -0.25) is 14.5 Å². The number of hydrogen-bond donors (Lipinski definition) is 0. The average molecular weight is 499 g/mol. The summed E-state index contributed by atoms with van der Waals surface area (Å²) in [6.07, 6.45) is -2.99. The lowest BCUT2D eigenvalue weighted by atomic mass is 10.1. The number of alkyl halides is 3. The number of para-hydroxylation sites is 1. The molecule has 0 radical (unpaired) electrons. The van der Waals surface area contributed by atoms with Gasteiger partial charge in [0.15, 0.2) is 0 Å². The summed E-state index contributed by atoms with van der Waals surface area (Å²) in [5.74, 6) is -0.819. The second kappa shape index (κ2) is 11.3. The minimum atomic E-state index is -4.64. The van der Waals surface area contributed by atoms with Crippen LogP contribution in [0.25, 0.3) is 0 Å². The zero-order valence-corrected chi connectivity index (χ0v) is 20.0. The number of hydrogen-bond acceptors (Lipinski definition) is 5. The van der Waals surface area contributed by atoms with Gasteiger partial charge in [0.25, 0.3) is 0 Å². The molecule has 0 aliphatic carbocycles. The van der Waals surface area contributed by atoms with Gasteiger partial charge in [-0.25, -0.2) is 4.98 Å². The molecule has 0 fully saturated rings. The quantitative estimate of drug-likeness (QED) is 0.451. The zero-order chi connectivity index (χ0) is 25.6. The molecule has 34 heavy (non-hydrogen) atoms. The fourth-order valence-electron chi connectivity index (χ4n) is 3.59. The second-order valence-corrected chi connectivity index (χ2v) is 8.13. The van der Waals surface area contributed by atoms with Gasteiger partial charge in [-0.15, -0.1) is 0 Å². The molecule has 0 aliphatic heterocycles. The lowest BCUT2D eigenvalue weighted by molar-refractivity contribution is -0.137. The van der Waals surface area contributed by atoms with Gasteiger partial charge >= 0.3 is 6.18 Å². The molecule has 0 aliphatic rings. The Morgan fingerprint density at radius 2 is 1.88 bits per heavy atom. The molecule has 1 heterocycles. The van der Waals surface area contributed by atoms with Crippen LogP contribution >= 0.6 is 11.6 Å². The minimum absolute atomic E-state index is 0.0189. The van der Waals surface area contributed by atoms with Gasteiger partial charge in [0.05, 0.1) is 28.5 Å². The molecular formula is C23H26ClF3N4O3. The summed E-state index contributed by atoms with van der Waals surface area (Å²) in [5, 5.41) is 0.302. The summed E-state index contributed by atoms with van der Waals surface area (Å²) in [6.45, 7) is 3.19. The van der Waals surface area contributed by atoms with Crippen LogP contribution in [0.4, 0.5) is 30.4 Å². The molecule has 184 valence electrons. The highest BCUT2D eigenvalue weighted by atomic mass is 35.5. The number of nitrogens with zero attached hydrogens (tertiary/aromatic N) is 4. The molecule has 1 aromatic carbocycles. The number of aldehydes is 1. The molecule has 0 saturated heterocycles. The monoisotopic (exact) mass is 498 g/mol. The van der Waals surface area contributed by atoms with Crippen molar-refractivity contribution in [2.24, 2.45) is 0 Å². The van der Waals surface area contributed by atoms with Crippen LogP contribution in [0.1, 0.15) is 31.0 Å². The van der Waals surface area contributed by atoms with Crippen LogP contribution in [0.15, 0.2) is 30.3 Å². The van der Waals surface area contributed by atoms with Crippen LogP contribution in [0.3, 0.4) is 0 Å². The number of amides is 2. The smallest absolute Gasteiger partial charge is 0.365 e. The fraction of sp³-hybridized carbons (Fsp3) is 0.391. The van der Waals surface area contributed by atoms with Crippen LogP contribution in [0.5, 0.6) is 0 Å². The third-order valence-electron chi connectivity index (χ3n) is 5.22. The van der Waals surface area contributed by atoms with Gasteiger partial charge in [0.1, 0.15) is 18.1 Å². The molecular weight excluding hydrogens is 473 g/mol. The van der Waals surface area contributed by atoms with E-state index in [9.17, 15) is 27.6 Å². The van der Waals surface area contributed by atoms with Crippen molar-refractivity contribution in [2.75, 3.05) is 35.3 Å². The zero-order valence-electron chi connectivity index (χ0n) is 19.3. The first kappa shape index (κ1) is 27.1. The lowest BCUT2D eigenvalue weighted by Gasteiger charge is -2.32. The van der Waals surface area contributed by atoms with Crippen molar-refractivity contribution in [2.45, 2.75) is 38.9 Å². The Kier molecular flexibility index (Phi) is 9.03. The van der Waals surface area contributed by atoms with Crippen molar-refractivity contribution in [3.8, 4) is 0 Å². The molecule has 0 bridgehead atoms. The second-order valence-electron chi connectivity index (χ2n) is 7.72. The maximum Gasteiger partial charge on any atom is 0.416 e. The molecule has 0 spiro atoms. The number of carbonyl (C=O) groups excluding carboxylic acids is 3. The normalized spacial score (nSPS) is 12.1. The van der Waals surface area contributed by atoms with E-state index in [-0.39, 0.29) is 24.5 Å². The van der Waals surface area contributed by atoms with E-state index in [0.29, 0.717) is 35.5 Å². The molecule has 0 N–H and O–H groups in total. The number of aromatic nitrogens is 1. The van der Waals surface area contributed by atoms with Crippen LogP contribution in [0.2, 0.25) is 5.02 Å².